The zero-order chi connectivity index (χ0) is 13.2. The van der Waals surface area contributed by atoms with E-state index in [1.807, 2.05) is 0 Å². The van der Waals surface area contributed by atoms with Gasteiger partial charge in [0.25, 0.3) is 0 Å². The maximum Gasteiger partial charge on any atom is 0.0483 e. The molecule has 0 unspecified atom stereocenters. The molecule has 0 N–H and O–H groups in total. The average Bonchev–Trinajstić information content (AvgIpc) is 2.59. The number of hydrogen-bond acceptors (Lipinski definition) is 1. The van der Waals surface area contributed by atoms with Gasteiger partial charge in [0.05, 0.1) is 0 Å². The molecule has 0 saturated carbocycles. The molecule has 3 rings (SSSR count). The Morgan fingerprint density at radius 2 is 1.79 bits per heavy atom. The third kappa shape index (κ3) is 2.55. The minimum absolute atomic E-state index is 1.11. The summed E-state index contributed by atoms with van der Waals surface area (Å²) in [7, 11) is 2.16. The van der Waals surface area contributed by atoms with E-state index in [4.69, 9.17) is 0 Å². The first kappa shape index (κ1) is 12.7. The van der Waals surface area contributed by atoms with E-state index in [-0.39, 0.29) is 0 Å². The molecule has 19 heavy (non-hydrogen) atoms. The minimum atomic E-state index is 1.11. The van der Waals surface area contributed by atoms with Crippen LogP contribution in [0.2, 0.25) is 0 Å². The van der Waals surface area contributed by atoms with Gasteiger partial charge in [0.15, 0.2) is 0 Å². The fourth-order valence-corrected chi connectivity index (χ4v) is 3.39. The molecule has 0 bridgehead atoms. The summed E-state index contributed by atoms with van der Waals surface area (Å²) in [6, 6.07) is 6.62. The van der Waals surface area contributed by atoms with Crippen molar-refractivity contribution in [3.63, 3.8) is 0 Å². The van der Waals surface area contributed by atoms with Crippen molar-refractivity contribution < 1.29 is 0 Å². The van der Waals surface area contributed by atoms with E-state index in [0.717, 1.165) is 6.54 Å². The summed E-state index contributed by atoms with van der Waals surface area (Å²) in [6.07, 6.45) is 7.87. The van der Waals surface area contributed by atoms with Gasteiger partial charge in [0, 0.05) is 30.7 Å². The van der Waals surface area contributed by atoms with Gasteiger partial charge in [-0.05, 0) is 50.0 Å². The molecule has 2 nitrogen and oxygen atoms in total. The predicted molar refractivity (Wildman–Crippen MR) is 81.4 cm³/mol. The molecule has 0 aliphatic carbocycles. The van der Waals surface area contributed by atoms with Gasteiger partial charge in [-0.25, -0.2) is 0 Å². The molecule has 0 radical (unpaired) electrons. The molecule has 102 valence electrons. The Morgan fingerprint density at radius 3 is 2.53 bits per heavy atom. The highest BCUT2D eigenvalue weighted by molar-refractivity contribution is 5.87. The summed E-state index contributed by atoms with van der Waals surface area (Å²) in [5.74, 6) is 0. The van der Waals surface area contributed by atoms with Crippen molar-refractivity contribution in [1.29, 1.82) is 0 Å². The van der Waals surface area contributed by atoms with E-state index in [2.05, 4.69) is 47.8 Å². The molecule has 0 spiro atoms. The highest BCUT2D eigenvalue weighted by Gasteiger charge is 2.14. The van der Waals surface area contributed by atoms with E-state index in [1.54, 1.807) is 0 Å². The largest absolute Gasteiger partial charge is 0.350 e. The molecule has 1 aromatic heterocycles. The molecular formula is C17H24N2. The third-order valence-electron chi connectivity index (χ3n) is 4.39. The standard InChI is InChI=1S/C17H24N2/c1-14-8-7-9-16-17(14)15(12-18(16)2)13-19-10-5-3-4-6-11-19/h7-9,12H,3-6,10-11,13H2,1-2H3. The number of likely N-dealkylation sites (tertiary alicyclic amines) is 1. The second kappa shape index (κ2) is 5.38. The molecule has 0 atom stereocenters. The quantitative estimate of drug-likeness (QED) is 0.792. The highest BCUT2D eigenvalue weighted by atomic mass is 15.1. The summed E-state index contributed by atoms with van der Waals surface area (Å²) in [5, 5.41) is 1.47. The van der Waals surface area contributed by atoms with Crippen LogP contribution in [0.5, 0.6) is 0 Å². The molecule has 1 aliphatic rings. The number of rotatable bonds is 2. The molecule has 1 aromatic carbocycles. The molecule has 2 heteroatoms. The molecule has 1 fully saturated rings. The van der Waals surface area contributed by atoms with Crippen LogP contribution in [0, 0.1) is 6.92 Å². The van der Waals surface area contributed by atoms with Gasteiger partial charge in [-0.15, -0.1) is 0 Å². The Kier molecular flexibility index (Phi) is 3.61. The fraction of sp³-hybridized carbons (Fsp3) is 0.529. The van der Waals surface area contributed by atoms with Crippen LogP contribution < -0.4 is 0 Å². The lowest BCUT2D eigenvalue weighted by Crippen LogP contribution is -2.23. The van der Waals surface area contributed by atoms with E-state index in [9.17, 15) is 0 Å². The van der Waals surface area contributed by atoms with Crippen LogP contribution in [0.15, 0.2) is 24.4 Å². The second-order valence-electron chi connectivity index (χ2n) is 5.92. The van der Waals surface area contributed by atoms with Crippen LogP contribution in [0.3, 0.4) is 0 Å². The lowest BCUT2D eigenvalue weighted by molar-refractivity contribution is 0.278. The van der Waals surface area contributed by atoms with Gasteiger partial charge in [0.1, 0.15) is 0 Å². The Balaban J connectivity index is 1.92. The lowest BCUT2D eigenvalue weighted by atomic mass is 10.1. The van der Waals surface area contributed by atoms with Gasteiger partial charge >= 0.3 is 0 Å². The van der Waals surface area contributed by atoms with Gasteiger partial charge in [0.2, 0.25) is 0 Å². The second-order valence-corrected chi connectivity index (χ2v) is 5.92. The summed E-state index contributed by atoms with van der Waals surface area (Å²) in [6.45, 7) is 5.88. The Hall–Kier alpha value is -1.28. The van der Waals surface area contributed by atoms with Gasteiger partial charge in [-0.1, -0.05) is 25.0 Å². The topological polar surface area (TPSA) is 8.17 Å². The van der Waals surface area contributed by atoms with Gasteiger partial charge in [-0.3, -0.25) is 4.90 Å². The number of aryl methyl sites for hydroxylation is 2. The molecular weight excluding hydrogens is 232 g/mol. The van der Waals surface area contributed by atoms with Gasteiger partial charge in [-0.2, -0.15) is 0 Å². The Labute approximate surface area is 116 Å². The maximum absolute atomic E-state index is 2.63. The van der Waals surface area contributed by atoms with Crippen molar-refractivity contribution in [3.05, 3.63) is 35.5 Å². The zero-order valence-electron chi connectivity index (χ0n) is 12.2. The average molecular weight is 256 g/mol. The van der Waals surface area contributed by atoms with Crippen LogP contribution in [-0.2, 0) is 13.6 Å². The highest BCUT2D eigenvalue weighted by Crippen LogP contribution is 2.26. The minimum Gasteiger partial charge on any atom is -0.350 e. The van der Waals surface area contributed by atoms with Crippen molar-refractivity contribution in [3.8, 4) is 0 Å². The number of benzene rings is 1. The van der Waals surface area contributed by atoms with Crippen LogP contribution in [0.25, 0.3) is 10.9 Å². The van der Waals surface area contributed by atoms with E-state index >= 15 is 0 Å². The molecule has 1 saturated heterocycles. The fourth-order valence-electron chi connectivity index (χ4n) is 3.39. The normalized spacial score (nSPS) is 17.8. The lowest BCUT2D eigenvalue weighted by Gasteiger charge is -2.19. The zero-order valence-corrected chi connectivity index (χ0v) is 12.2. The van der Waals surface area contributed by atoms with Crippen molar-refractivity contribution in [2.24, 2.45) is 7.05 Å². The van der Waals surface area contributed by atoms with E-state index < -0.39 is 0 Å². The van der Waals surface area contributed by atoms with Gasteiger partial charge < -0.3 is 4.57 Å². The monoisotopic (exact) mass is 256 g/mol. The Bertz CT molecular complexity index is 560. The van der Waals surface area contributed by atoms with Crippen LogP contribution >= 0.6 is 0 Å². The Morgan fingerprint density at radius 1 is 1.05 bits per heavy atom. The van der Waals surface area contributed by atoms with Crippen molar-refractivity contribution >= 4 is 10.9 Å². The smallest absolute Gasteiger partial charge is 0.0483 e. The number of hydrogen-bond donors (Lipinski definition) is 0. The first-order valence-electron chi connectivity index (χ1n) is 7.51. The molecule has 2 aromatic rings. The van der Waals surface area contributed by atoms with Crippen molar-refractivity contribution in [1.82, 2.24) is 9.47 Å². The third-order valence-corrected chi connectivity index (χ3v) is 4.39. The van der Waals surface area contributed by atoms with Crippen molar-refractivity contribution in [2.75, 3.05) is 13.1 Å². The number of fused-ring (bicyclic) bond motifs is 1. The maximum atomic E-state index is 2.63. The van der Waals surface area contributed by atoms with E-state index in [1.165, 1.54) is 60.8 Å². The predicted octanol–water partition coefficient (Wildman–Crippen LogP) is 3.86. The molecule has 0 amide bonds. The van der Waals surface area contributed by atoms with Crippen LogP contribution in [0.4, 0.5) is 0 Å². The molecule has 2 heterocycles. The summed E-state index contributed by atoms with van der Waals surface area (Å²) >= 11 is 0. The first-order valence-corrected chi connectivity index (χ1v) is 7.51. The van der Waals surface area contributed by atoms with Crippen molar-refractivity contribution in [2.45, 2.75) is 39.2 Å². The number of aromatic nitrogens is 1. The van der Waals surface area contributed by atoms with E-state index in [0.29, 0.717) is 0 Å². The van der Waals surface area contributed by atoms with Crippen LogP contribution in [0.1, 0.15) is 36.8 Å². The first-order chi connectivity index (χ1) is 9.25. The summed E-state index contributed by atoms with van der Waals surface area (Å²) in [4.78, 5) is 2.63. The van der Waals surface area contributed by atoms with Crippen LogP contribution in [-0.4, -0.2) is 22.6 Å². The number of nitrogens with zero attached hydrogens (tertiary/aromatic N) is 2. The summed E-state index contributed by atoms with van der Waals surface area (Å²) in [5.41, 5.74) is 4.27. The SMILES string of the molecule is Cc1cccc2c1c(CN1CCCCCC1)cn2C. The summed E-state index contributed by atoms with van der Waals surface area (Å²) < 4.78 is 2.27. The molecule has 1 aliphatic heterocycles.